The van der Waals surface area contributed by atoms with Crippen LogP contribution >= 0.6 is 0 Å². The number of primary sulfonamides is 1. The van der Waals surface area contributed by atoms with Crippen LogP contribution in [-0.4, -0.2) is 20.4 Å². The number of hydrogen-bond donors (Lipinski definition) is 3. The van der Waals surface area contributed by atoms with Crippen molar-refractivity contribution in [2.75, 3.05) is 0 Å². The van der Waals surface area contributed by atoms with Gasteiger partial charge in [0.1, 0.15) is 0 Å². The number of nitrogens with one attached hydrogen (secondary N) is 1. The zero-order valence-corrected chi connectivity index (χ0v) is 11.8. The molecule has 0 saturated carbocycles. The predicted octanol–water partition coefficient (Wildman–Crippen LogP) is 0.249. The number of carbonyl (C=O) groups excluding carboxylic acids is 1. The molecule has 106 valence electrons. The van der Waals surface area contributed by atoms with E-state index < -0.39 is 10.0 Å². The van der Waals surface area contributed by atoms with Gasteiger partial charge in [-0.3, -0.25) is 4.79 Å². The van der Waals surface area contributed by atoms with Gasteiger partial charge in [-0.05, 0) is 31.5 Å². The van der Waals surface area contributed by atoms with E-state index >= 15 is 0 Å². The van der Waals surface area contributed by atoms with Crippen molar-refractivity contribution < 1.29 is 13.2 Å². The molecule has 0 aromatic heterocycles. The first-order valence-electron chi connectivity index (χ1n) is 5.87. The normalized spacial score (nSPS) is 14.9. The summed E-state index contributed by atoms with van der Waals surface area (Å²) in [5.41, 5.74) is 5.89. The van der Waals surface area contributed by atoms with Crippen LogP contribution in [0.5, 0.6) is 0 Å². The van der Waals surface area contributed by atoms with Crippen LogP contribution in [0.4, 0.5) is 0 Å². The Kier molecular flexibility index (Phi) is 5.04. The first-order valence-corrected chi connectivity index (χ1v) is 7.42. The highest BCUT2D eigenvalue weighted by molar-refractivity contribution is 7.89. The van der Waals surface area contributed by atoms with Gasteiger partial charge in [-0.15, -0.1) is 0 Å². The van der Waals surface area contributed by atoms with E-state index in [0.717, 1.165) is 5.56 Å². The lowest BCUT2D eigenvalue weighted by molar-refractivity contribution is -0.118. The largest absolute Gasteiger partial charge is 0.370 e. The molecule has 0 aliphatic rings. The lowest BCUT2D eigenvalue weighted by Gasteiger charge is -2.19. The lowest BCUT2D eigenvalue weighted by atomic mass is 10.1. The quantitative estimate of drug-likeness (QED) is 0.694. The highest BCUT2D eigenvalue weighted by Gasteiger charge is 2.14. The molecule has 0 aliphatic carbocycles. The van der Waals surface area contributed by atoms with Gasteiger partial charge in [0, 0.05) is 18.5 Å². The molecular formula is C12H19N3O3S. The van der Waals surface area contributed by atoms with Gasteiger partial charge in [-0.2, -0.15) is 0 Å². The lowest BCUT2D eigenvalue weighted by Crippen LogP contribution is -2.33. The summed E-state index contributed by atoms with van der Waals surface area (Å²) in [4.78, 5) is 10.9. The summed E-state index contributed by atoms with van der Waals surface area (Å²) < 4.78 is 22.5. The van der Waals surface area contributed by atoms with Crippen molar-refractivity contribution in [2.24, 2.45) is 10.9 Å². The Bertz CT molecular complexity index is 557. The van der Waals surface area contributed by atoms with Gasteiger partial charge in [0.15, 0.2) is 0 Å². The molecule has 1 rings (SSSR count). The van der Waals surface area contributed by atoms with Gasteiger partial charge in [0.05, 0.1) is 4.90 Å². The maximum absolute atomic E-state index is 11.3. The fourth-order valence-electron chi connectivity index (χ4n) is 1.84. The Morgan fingerprint density at radius 3 is 2.53 bits per heavy atom. The second kappa shape index (κ2) is 6.14. The molecule has 6 nitrogen and oxygen atoms in total. The van der Waals surface area contributed by atoms with Crippen LogP contribution in [0.15, 0.2) is 29.2 Å². The predicted molar refractivity (Wildman–Crippen MR) is 72.6 cm³/mol. The van der Waals surface area contributed by atoms with Crippen LogP contribution in [0.25, 0.3) is 0 Å². The Morgan fingerprint density at radius 1 is 1.37 bits per heavy atom. The van der Waals surface area contributed by atoms with Crippen LogP contribution < -0.4 is 16.2 Å². The van der Waals surface area contributed by atoms with Gasteiger partial charge in [0.2, 0.25) is 15.9 Å². The van der Waals surface area contributed by atoms with E-state index in [2.05, 4.69) is 5.32 Å². The molecule has 0 aliphatic heterocycles. The minimum atomic E-state index is -3.71. The molecule has 0 heterocycles. The standard InChI is InChI=1S/C12H19N3O3S/c1-8(6-12(13)16)15-9(2)10-4-3-5-11(7-10)19(14,17)18/h3-5,7-9,15H,6H2,1-2H3,(H2,13,16)(H2,14,17,18). The molecule has 2 atom stereocenters. The van der Waals surface area contributed by atoms with Crippen LogP contribution in [0.1, 0.15) is 31.9 Å². The average molecular weight is 285 g/mol. The monoisotopic (exact) mass is 285 g/mol. The van der Waals surface area contributed by atoms with Crippen molar-refractivity contribution in [3.63, 3.8) is 0 Å². The molecule has 0 saturated heterocycles. The van der Waals surface area contributed by atoms with Gasteiger partial charge in [0.25, 0.3) is 0 Å². The summed E-state index contributed by atoms with van der Waals surface area (Å²) in [6, 6.07) is 6.18. The Labute approximate surface area is 113 Å². The van der Waals surface area contributed by atoms with Crippen molar-refractivity contribution in [1.29, 1.82) is 0 Å². The highest BCUT2D eigenvalue weighted by atomic mass is 32.2. The number of amides is 1. The topological polar surface area (TPSA) is 115 Å². The number of sulfonamides is 1. The second-order valence-corrected chi connectivity index (χ2v) is 6.14. The third-order valence-corrected chi connectivity index (χ3v) is 3.64. The molecule has 19 heavy (non-hydrogen) atoms. The Morgan fingerprint density at radius 2 is 2.00 bits per heavy atom. The zero-order valence-electron chi connectivity index (χ0n) is 11.0. The summed E-state index contributed by atoms with van der Waals surface area (Å²) in [5, 5.41) is 8.25. The first kappa shape index (κ1) is 15.6. The SMILES string of the molecule is CC(CC(N)=O)NC(C)c1cccc(S(N)(=O)=O)c1. The Balaban J connectivity index is 2.83. The third-order valence-electron chi connectivity index (χ3n) is 2.73. The van der Waals surface area contributed by atoms with Crippen LogP contribution in [0, 0.1) is 0 Å². The van der Waals surface area contributed by atoms with E-state index in [1.165, 1.54) is 12.1 Å². The summed E-state index contributed by atoms with van der Waals surface area (Å²) in [6.07, 6.45) is 0.221. The fourth-order valence-corrected chi connectivity index (χ4v) is 2.41. The van der Waals surface area contributed by atoms with Crippen molar-refractivity contribution >= 4 is 15.9 Å². The number of benzene rings is 1. The van der Waals surface area contributed by atoms with Gasteiger partial charge in [-0.1, -0.05) is 12.1 Å². The van der Waals surface area contributed by atoms with E-state index in [1.807, 2.05) is 13.8 Å². The number of rotatable bonds is 6. The smallest absolute Gasteiger partial charge is 0.238 e. The van der Waals surface area contributed by atoms with Crippen LogP contribution in [0.3, 0.4) is 0 Å². The van der Waals surface area contributed by atoms with Crippen LogP contribution in [-0.2, 0) is 14.8 Å². The molecule has 2 unspecified atom stereocenters. The first-order chi connectivity index (χ1) is 8.70. The second-order valence-electron chi connectivity index (χ2n) is 4.58. The molecule has 0 radical (unpaired) electrons. The van der Waals surface area contributed by atoms with E-state index in [0.29, 0.717) is 0 Å². The van der Waals surface area contributed by atoms with E-state index in [4.69, 9.17) is 10.9 Å². The minimum Gasteiger partial charge on any atom is -0.370 e. The Hall–Kier alpha value is -1.44. The molecule has 1 amide bonds. The van der Waals surface area contributed by atoms with E-state index in [9.17, 15) is 13.2 Å². The summed E-state index contributed by atoms with van der Waals surface area (Å²) in [6.45, 7) is 3.71. The highest BCUT2D eigenvalue weighted by Crippen LogP contribution is 2.17. The molecule has 0 spiro atoms. The summed E-state index contributed by atoms with van der Waals surface area (Å²) in [5.74, 6) is -0.384. The van der Waals surface area contributed by atoms with E-state index in [-0.39, 0.29) is 29.3 Å². The van der Waals surface area contributed by atoms with Crippen molar-refractivity contribution in [2.45, 2.75) is 37.2 Å². The maximum Gasteiger partial charge on any atom is 0.238 e. The molecule has 0 bridgehead atoms. The van der Waals surface area contributed by atoms with Crippen LogP contribution in [0.2, 0.25) is 0 Å². The third kappa shape index (κ3) is 4.98. The number of primary amides is 1. The van der Waals surface area contributed by atoms with E-state index in [1.54, 1.807) is 12.1 Å². The molecule has 0 fully saturated rings. The molecule has 1 aromatic rings. The number of hydrogen-bond acceptors (Lipinski definition) is 4. The molecule has 5 N–H and O–H groups in total. The molecular weight excluding hydrogens is 266 g/mol. The maximum atomic E-state index is 11.3. The summed E-state index contributed by atoms with van der Waals surface area (Å²) >= 11 is 0. The van der Waals surface area contributed by atoms with Crippen molar-refractivity contribution in [1.82, 2.24) is 5.32 Å². The van der Waals surface area contributed by atoms with Crippen molar-refractivity contribution in [3.05, 3.63) is 29.8 Å². The zero-order chi connectivity index (χ0) is 14.6. The average Bonchev–Trinajstić information content (AvgIpc) is 2.26. The number of nitrogens with two attached hydrogens (primary N) is 2. The summed E-state index contributed by atoms with van der Waals surface area (Å²) in [7, 11) is -3.71. The van der Waals surface area contributed by atoms with Gasteiger partial charge >= 0.3 is 0 Å². The molecule has 7 heteroatoms. The minimum absolute atomic E-state index is 0.0706. The molecule has 1 aromatic carbocycles. The van der Waals surface area contributed by atoms with Crippen molar-refractivity contribution in [3.8, 4) is 0 Å². The number of carbonyl (C=O) groups is 1. The van der Waals surface area contributed by atoms with Gasteiger partial charge in [-0.25, -0.2) is 13.6 Å². The van der Waals surface area contributed by atoms with Gasteiger partial charge < -0.3 is 11.1 Å². The fraction of sp³-hybridized carbons (Fsp3) is 0.417.